The normalized spacial score (nSPS) is 20.1. The van der Waals surface area contributed by atoms with E-state index in [2.05, 4.69) is 23.6 Å². The number of methoxy groups -OCH3 is 1. The topological polar surface area (TPSA) is 106 Å². The Morgan fingerprint density at radius 2 is 2.07 bits per heavy atom. The van der Waals surface area contributed by atoms with Crippen LogP contribution >= 0.6 is 0 Å². The van der Waals surface area contributed by atoms with Gasteiger partial charge in [0, 0.05) is 36.5 Å². The summed E-state index contributed by atoms with van der Waals surface area (Å²) in [4.78, 5) is 29.3. The molecule has 28 heavy (non-hydrogen) atoms. The lowest BCUT2D eigenvalue weighted by Crippen LogP contribution is -2.42. The molecular formula is C20H29N3O5. The first-order valence-corrected chi connectivity index (χ1v) is 9.58. The Bertz CT molecular complexity index is 739. The Kier molecular flexibility index (Phi) is 7.51. The minimum absolute atomic E-state index is 0.0816. The molecule has 0 amide bonds. The molecular weight excluding hydrogens is 362 g/mol. The number of carbonyl (C=O) groups excluding carboxylic acids is 1. The third-order valence-corrected chi connectivity index (χ3v) is 4.98. The minimum atomic E-state index is -0.522. The van der Waals surface area contributed by atoms with Crippen LogP contribution in [0.4, 0.5) is 11.5 Å². The maximum absolute atomic E-state index is 11.8. The van der Waals surface area contributed by atoms with Gasteiger partial charge in [0.2, 0.25) is 5.82 Å². The van der Waals surface area contributed by atoms with Gasteiger partial charge in [-0.05, 0) is 44.1 Å². The van der Waals surface area contributed by atoms with Gasteiger partial charge in [-0.15, -0.1) is 0 Å². The number of ether oxygens (including phenoxy) is 1. The van der Waals surface area contributed by atoms with Gasteiger partial charge in [0.25, 0.3) is 0 Å². The molecule has 0 atom stereocenters. The lowest BCUT2D eigenvalue weighted by molar-refractivity contribution is -0.384. The van der Waals surface area contributed by atoms with Crippen LogP contribution in [0.25, 0.3) is 5.57 Å². The Balaban J connectivity index is 2.43. The molecule has 8 nitrogen and oxygen atoms in total. The molecule has 0 saturated heterocycles. The highest BCUT2D eigenvalue weighted by atomic mass is 16.6. The van der Waals surface area contributed by atoms with Gasteiger partial charge >= 0.3 is 11.7 Å². The summed E-state index contributed by atoms with van der Waals surface area (Å²) in [5.41, 5.74) is 0.969. The fourth-order valence-electron chi connectivity index (χ4n) is 3.51. The average Bonchev–Trinajstić information content (AvgIpc) is 2.66. The summed E-state index contributed by atoms with van der Waals surface area (Å²) in [5.74, 6) is 0.120. The zero-order valence-corrected chi connectivity index (χ0v) is 16.9. The lowest BCUT2D eigenvalue weighted by Gasteiger charge is -2.37. The van der Waals surface area contributed by atoms with Crippen LogP contribution in [-0.2, 0) is 9.53 Å². The van der Waals surface area contributed by atoms with Crippen molar-refractivity contribution in [2.24, 2.45) is 5.92 Å². The number of esters is 1. The molecule has 0 aliphatic heterocycles. The summed E-state index contributed by atoms with van der Waals surface area (Å²) in [5, 5.41) is 21.6. The molecule has 1 N–H and O–H groups in total. The number of nitro groups is 1. The van der Waals surface area contributed by atoms with Crippen LogP contribution in [0.1, 0.15) is 52.0 Å². The molecule has 1 saturated carbocycles. The van der Waals surface area contributed by atoms with Gasteiger partial charge in [-0.2, -0.15) is 0 Å². The Morgan fingerprint density at radius 3 is 2.61 bits per heavy atom. The van der Waals surface area contributed by atoms with E-state index in [0.29, 0.717) is 42.3 Å². The summed E-state index contributed by atoms with van der Waals surface area (Å²) >= 11 is 0. The van der Waals surface area contributed by atoms with Crippen molar-refractivity contribution >= 4 is 23.0 Å². The lowest BCUT2D eigenvalue weighted by atomic mass is 9.91. The minimum Gasteiger partial charge on any atom is -0.466 e. The molecule has 8 heteroatoms. The monoisotopic (exact) mass is 391 g/mol. The van der Waals surface area contributed by atoms with Gasteiger partial charge in [-0.25, -0.2) is 9.78 Å². The van der Waals surface area contributed by atoms with Crippen molar-refractivity contribution < 1.29 is 19.6 Å². The van der Waals surface area contributed by atoms with Gasteiger partial charge in [0.15, 0.2) is 0 Å². The predicted molar refractivity (Wildman–Crippen MR) is 107 cm³/mol. The first kappa shape index (κ1) is 21.8. The standard InChI is InChI=1S/C20H29N3O5/c1-13(2)12-22(16-5-7-17(24)8-6-16)20-18(23(26)27)10-15(11-21-20)14(3)9-19(25)28-4/h9-11,13,16-17,24H,5-8,12H2,1-4H3/b14-9+/t16-,17-. The number of aliphatic hydroxyl groups is 1. The summed E-state index contributed by atoms with van der Waals surface area (Å²) < 4.78 is 4.62. The van der Waals surface area contributed by atoms with E-state index in [-0.39, 0.29) is 17.8 Å². The van der Waals surface area contributed by atoms with E-state index >= 15 is 0 Å². The quantitative estimate of drug-likeness (QED) is 0.329. The van der Waals surface area contributed by atoms with Crippen LogP contribution in [0.3, 0.4) is 0 Å². The van der Waals surface area contributed by atoms with Gasteiger partial charge in [0.05, 0.1) is 18.1 Å². The maximum Gasteiger partial charge on any atom is 0.330 e. The van der Waals surface area contributed by atoms with Crippen molar-refractivity contribution in [3.8, 4) is 0 Å². The number of aliphatic hydroxyl groups excluding tert-OH is 1. The second-order valence-corrected chi connectivity index (χ2v) is 7.68. The van der Waals surface area contributed by atoms with Gasteiger partial charge in [-0.3, -0.25) is 10.1 Å². The molecule has 0 aromatic carbocycles. The number of nitrogens with zero attached hydrogens (tertiary/aromatic N) is 3. The van der Waals surface area contributed by atoms with E-state index in [9.17, 15) is 20.0 Å². The highest BCUT2D eigenvalue weighted by molar-refractivity contribution is 5.91. The number of anilines is 1. The first-order valence-electron chi connectivity index (χ1n) is 9.58. The van der Waals surface area contributed by atoms with Crippen LogP contribution < -0.4 is 4.90 Å². The van der Waals surface area contributed by atoms with E-state index in [0.717, 1.165) is 12.8 Å². The van der Waals surface area contributed by atoms with Crippen molar-refractivity contribution in [3.63, 3.8) is 0 Å². The molecule has 0 spiro atoms. The van der Waals surface area contributed by atoms with E-state index in [1.807, 2.05) is 4.90 Å². The number of hydrogen-bond acceptors (Lipinski definition) is 7. The largest absolute Gasteiger partial charge is 0.466 e. The van der Waals surface area contributed by atoms with Gasteiger partial charge in [-0.1, -0.05) is 13.8 Å². The van der Waals surface area contributed by atoms with Crippen LogP contribution in [0.15, 0.2) is 18.3 Å². The molecule has 0 unspecified atom stereocenters. The van der Waals surface area contributed by atoms with Gasteiger partial charge < -0.3 is 14.7 Å². The van der Waals surface area contributed by atoms with Crippen LogP contribution in [-0.4, -0.2) is 46.8 Å². The third kappa shape index (κ3) is 5.51. The Hall–Kier alpha value is -2.48. The predicted octanol–water partition coefficient (Wildman–Crippen LogP) is 3.33. The molecule has 1 fully saturated rings. The average molecular weight is 391 g/mol. The van der Waals surface area contributed by atoms with E-state index < -0.39 is 10.9 Å². The third-order valence-electron chi connectivity index (χ3n) is 4.98. The molecule has 0 bridgehead atoms. The summed E-state index contributed by atoms with van der Waals surface area (Å²) in [6.07, 6.45) is 5.47. The highest BCUT2D eigenvalue weighted by Gasteiger charge is 2.31. The van der Waals surface area contributed by atoms with Crippen LogP contribution in [0.5, 0.6) is 0 Å². The van der Waals surface area contributed by atoms with Crippen LogP contribution in [0.2, 0.25) is 0 Å². The number of carbonyl (C=O) groups is 1. The fourth-order valence-corrected chi connectivity index (χ4v) is 3.51. The molecule has 1 aliphatic carbocycles. The number of aromatic nitrogens is 1. The van der Waals surface area contributed by atoms with E-state index in [1.54, 1.807) is 13.1 Å². The summed E-state index contributed by atoms with van der Waals surface area (Å²) in [6.45, 7) is 6.46. The fraction of sp³-hybridized carbons (Fsp3) is 0.600. The number of hydrogen-bond donors (Lipinski definition) is 1. The molecule has 1 heterocycles. The smallest absolute Gasteiger partial charge is 0.330 e. The van der Waals surface area contributed by atoms with Crippen molar-refractivity contribution in [3.05, 3.63) is 34.0 Å². The summed E-state index contributed by atoms with van der Waals surface area (Å²) in [6, 6.07) is 1.57. The zero-order chi connectivity index (χ0) is 20.8. The van der Waals surface area contributed by atoms with Crippen LogP contribution in [0, 0.1) is 16.0 Å². The Morgan fingerprint density at radius 1 is 1.43 bits per heavy atom. The van der Waals surface area contributed by atoms with E-state index in [1.165, 1.54) is 19.3 Å². The Labute approximate surface area is 165 Å². The molecule has 2 rings (SSSR count). The van der Waals surface area contributed by atoms with Gasteiger partial charge in [0.1, 0.15) is 0 Å². The maximum atomic E-state index is 11.8. The van der Waals surface area contributed by atoms with Crippen molar-refractivity contribution in [2.75, 3.05) is 18.6 Å². The van der Waals surface area contributed by atoms with Crippen molar-refractivity contribution in [1.82, 2.24) is 4.98 Å². The summed E-state index contributed by atoms with van der Waals surface area (Å²) in [7, 11) is 1.28. The van der Waals surface area contributed by atoms with Crippen molar-refractivity contribution in [1.29, 1.82) is 0 Å². The molecule has 1 aromatic heterocycles. The van der Waals surface area contributed by atoms with Crippen molar-refractivity contribution in [2.45, 2.75) is 58.6 Å². The SMILES string of the molecule is COC(=O)/C=C(\C)c1cnc(N(CC(C)C)[C@H]2CC[C@H](O)CC2)c([N+](=O)[O-])c1. The molecule has 0 radical (unpaired) electrons. The molecule has 1 aliphatic rings. The van der Waals surface area contributed by atoms with E-state index in [4.69, 9.17) is 0 Å². The number of allylic oxidation sites excluding steroid dienone is 1. The molecule has 154 valence electrons. The number of rotatable bonds is 7. The zero-order valence-electron chi connectivity index (χ0n) is 16.9. The molecule has 1 aromatic rings. The highest BCUT2D eigenvalue weighted by Crippen LogP contribution is 2.34. The second-order valence-electron chi connectivity index (χ2n) is 7.68. The first-order chi connectivity index (χ1) is 13.2. The second kappa shape index (κ2) is 9.64. The number of pyridine rings is 1.